The monoisotopic (exact) mass is 214 g/mol. The van der Waals surface area contributed by atoms with E-state index in [-0.39, 0.29) is 5.48 Å². The van der Waals surface area contributed by atoms with Crippen molar-refractivity contribution in [3.63, 3.8) is 0 Å². The molecule has 0 atom stereocenters. The van der Waals surface area contributed by atoms with E-state index in [1.165, 1.54) is 0 Å². The molecule has 0 radical (unpaired) electrons. The van der Waals surface area contributed by atoms with Crippen LogP contribution in [0.15, 0.2) is 0 Å². The summed E-state index contributed by atoms with van der Waals surface area (Å²) < 4.78 is 39.6. The van der Waals surface area contributed by atoms with Gasteiger partial charge in [-0.25, -0.2) is 0 Å². The van der Waals surface area contributed by atoms with E-state index in [2.05, 4.69) is 0 Å². The second-order valence-electron chi connectivity index (χ2n) is 0.429. The molecule has 0 spiro atoms. The van der Waals surface area contributed by atoms with Gasteiger partial charge in [-0.05, 0) is 0 Å². The third-order valence-corrected chi connectivity index (χ3v) is 0. The molecule has 0 amide bonds. The molecule has 0 aliphatic heterocycles. The van der Waals surface area contributed by atoms with Crippen LogP contribution in [0.1, 0.15) is 0 Å². The zero-order valence-electron chi connectivity index (χ0n) is 2.51. The van der Waals surface area contributed by atoms with E-state index in [9.17, 15) is 11.5 Å². The van der Waals surface area contributed by atoms with Crippen molar-refractivity contribution in [2.75, 3.05) is 0 Å². The Bertz CT molecular complexity index is 23.0. The van der Waals surface area contributed by atoms with E-state index >= 15 is 0 Å². The average Bonchev–Trinajstić information content (AvgIpc) is 0.722. The molecule has 0 aromatic rings. The number of hydrogen-bond acceptors (Lipinski definition) is 0. The molecular formula is H2F4OSn. The Kier molecular flexibility index (Phi) is 4.23. The van der Waals surface area contributed by atoms with E-state index in [0.717, 1.165) is 0 Å². The first-order valence-electron chi connectivity index (χ1n) is 0.756. The predicted molar refractivity (Wildman–Crippen MR) is 13.8 cm³/mol. The van der Waals surface area contributed by atoms with E-state index in [1.54, 1.807) is 0 Å². The minimum absolute atomic E-state index is 0. The Morgan fingerprint density at radius 3 is 0.833 bits per heavy atom. The van der Waals surface area contributed by atoms with Crippen molar-refractivity contribution in [1.82, 2.24) is 0 Å². The van der Waals surface area contributed by atoms with Crippen LogP contribution in [-0.4, -0.2) is 26.1 Å². The van der Waals surface area contributed by atoms with Crippen LogP contribution in [0.2, 0.25) is 0 Å². The summed E-state index contributed by atoms with van der Waals surface area (Å²) in [5, 5.41) is 0. The summed E-state index contributed by atoms with van der Waals surface area (Å²) in [6.07, 6.45) is 0. The summed E-state index contributed by atoms with van der Waals surface area (Å²) in [5.74, 6) is 0. The fraction of sp³-hybridized carbons (Fsp3) is 0. The Labute approximate surface area is 38.3 Å². The molecule has 0 aliphatic rings. The fourth-order valence-corrected chi connectivity index (χ4v) is 0. The molecule has 0 bridgehead atoms. The van der Waals surface area contributed by atoms with Gasteiger partial charge in [-0.15, -0.1) is 0 Å². The molecule has 0 aliphatic carbocycles. The van der Waals surface area contributed by atoms with Gasteiger partial charge >= 0.3 is 32.1 Å². The molecule has 0 heterocycles. The molecule has 0 aromatic heterocycles. The van der Waals surface area contributed by atoms with Crippen LogP contribution in [0.5, 0.6) is 0 Å². The van der Waals surface area contributed by atoms with Crippen LogP contribution in [-0.2, 0) is 0 Å². The van der Waals surface area contributed by atoms with Gasteiger partial charge < -0.3 is 5.48 Å². The fourth-order valence-electron chi connectivity index (χ4n) is 0. The van der Waals surface area contributed by atoms with Crippen molar-refractivity contribution in [3.05, 3.63) is 0 Å². The molecule has 0 aromatic carbocycles. The maximum absolute atomic E-state index is 9.90. The van der Waals surface area contributed by atoms with Crippen LogP contribution < -0.4 is 0 Å². The average molecular weight is 213 g/mol. The summed E-state index contributed by atoms with van der Waals surface area (Å²) in [4.78, 5) is 0. The van der Waals surface area contributed by atoms with Crippen molar-refractivity contribution in [2.24, 2.45) is 0 Å². The summed E-state index contributed by atoms with van der Waals surface area (Å²) >= 11 is -7.18. The number of hydrogen-bond donors (Lipinski definition) is 0. The minimum atomic E-state index is -7.18. The van der Waals surface area contributed by atoms with Gasteiger partial charge in [0.25, 0.3) is 0 Å². The SMILES string of the molecule is O.[F][Sn]([F])([F])[F]. The van der Waals surface area contributed by atoms with Gasteiger partial charge in [0.1, 0.15) is 0 Å². The second-order valence-corrected chi connectivity index (χ2v) is 2.87. The van der Waals surface area contributed by atoms with Crippen molar-refractivity contribution < 1.29 is 16.9 Å². The normalized spacial score (nSPS) is 10.0. The Morgan fingerprint density at radius 1 is 0.833 bits per heavy atom. The van der Waals surface area contributed by atoms with Crippen LogP contribution >= 0.6 is 0 Å². The van der Waals surface area contributed by atoms with Crippen LogP contribution in [0.25, 0.3) is 0 Å². The van der Waals surface area contributed by atoms with Gasteiger partial charge in [-0.2, -0.15) is 0 Å². The third-order valence-electron chi connectivity index (χ3n) is 0. The molecule has 0 rings (SSSR count). The van der Waals surface area contributed by atoms with E-state index < -0.39 is 20.7 Å². The Morgan fingerprint density at radius 2 is 0.833 bits per heavy atom. The molecule has 0 fully saturated rings. The van der Waals surface area contributed by atoms with E-state index in [4.69, 9.17) is 0 Å². The Balaban J connectivity index is 0. The standard InChI is InChI=1S/4FH.H2O.Sn/h4*1H;1H2;/q;;;;;+4/p-4. The molecule has 6 heavy (non-hydrogen) atoms. The number of halogens is 4. The molecule has 40 valence electrons. The van der Waals surface area contributed by atoms with Gasteiger partial charge in [0.2, 0.25) is 0 Å². The van der Waals surface area contributed by atoms with Crippen molar-refractivity contribution in [2.45, 2.75) is 0 Å². The first-order valence-corrected chi connectivity index (χ1v) is 5.07. The topological polar surface area (TPSA) is 31.5 Å². The third kappa shape index (κ3) is 237. The van der Waals surface area contributed by atoms with Crippen molar-refractivity contribution in [3.8, 4) is 0 Å². The predicted octanol–water partition coefficient (Wildman–Crippen LogP) is 0.475. The first kappa shape index (κ1) is 9.69. The van der Waals surface area contributed by atoms with Crippen LogP contribution in [0.3, 0.4) is 0 Å². The zero-order valence-corrected chi connectivity index (χ0v) is 5.37. The van der Waals surface area contributed by atoms with Crippen LogP contribution in [0, 0.1) is 0 Å². The van der Waals surface area contributed by atoms with Gasteiger partial charge in [-0.3, -0.25) is 0 Å². The molecule has 0 unspecified atom stereocenters. The maximum atomic E-state index is 9.90. The quantitative estimate of drug-likeness (QED) is 0.413. The van der Waals surface area contributed by atoms with Gasteiger partial charge in [-0.1, -0.05) is 0 Å². The van der Waals surface area contributed by atoms with Gasteiger partial charge in [0.05, 0.1) is 0 Å². The molecule has 1 nitrogen and oxygen atoms in total. The van der Waals surface area contributed by atoms with Crippen molar-refractivity contribution in [1.29, 1.82) is 0 Å². The first-order chi connectivity index (χ1) is 2.00. The number of rotatable bonds is 0. The van der Waals surface area contributed by atoms with Crippen LogP contribution in [0.4, 0.5) is 11.5 Å². The van der Waals surface area contributed by atoms with Crippen molar-refractivity contribution >= 4 is 20.7 Å². The van der Waals surface area contributed by atoms with Gasteiger partial charge in [0.15, 0.2) is 0 Å². The summed E-state index contributed by atoms with van der Waals surface area (Å²) in [6, 6.07) is 0. The summed E-state index contributed by atoms with van der Waals surface area (Å²) in [6.45, 7) is 0. The van der Waals surface area contributed by atoms with E-state index in [1.807, 2.05) is 0 Å². The zero-order chi connectivity index (χ0) is 4.50. The molecule has 2 N–H and O–H groups in total. The van der Waals surface area contributed by atoms with Gasteiger partial charge in [0, 0.05) is 0 Å². The molecule has 0 saturated carbocycles. The summed E-state index contributed by atoms with van der Waals surface area (Å²) in [5.41, 5.74) is 0. The Hall–Kier alpha value is 0.479. The molecule has 6 heteroatoms. The second kappa shape index (κ2) is 2.62. The van der Waals surface area contributed by atoms with E-state index in [0.29, 0.717) is 0 Å². The molecular weight excluding hydrogens is 211 g/mol. The summed E-state index contributed by atoms with van der Waals surface area (Å²) in [7, 11) is 0. The molecule has 0 saturated heterocycles.